The number of hydrogen-bond acceptors (Lipinski definition) is 3. The number of sulfonamides is 1. The van der Waals surface area contributed by atoms with Gasteiger partial charge in [-0.15, -0.1) is 0 Å². The van der Waals surface area contributed by atoms with Crippen LogP contribution in [0.3, 0.4) is 0 Å². The molecule has 5 heteroatoms. The highest BCUT2D eigenvalue weighted by Crippen LogP contribution is 2.15. The average molecular weight is 254 g/mol. The maximum Gasteiger partial charge on any atom is 0.240 e. The first-order valence-corrected chi connectivity index (χ1v) is 6.92. The molecule has 0 heterocycles. The summed E-state index contributed by atoms with van der Waals surface area (Å²) in [5.74, 6) is 0. The minimum absolute atomic E-state index is 0.218. The minimum atomic E-state index is -3.45. The Bertz CT molecular complexity index is 487. The molecule has 0 spiro atoms. The lowest BCUT2D eigenvalue weighted by Crippen LogP contribution is -2.24. The molecule has 0 aliphatic rings. The third kappa shape index (κ3) is 4.20. The van der Waals surface area contributed by atoms with Gasteiger partial charge in [-0.2, -0.15) is 0 Å². The number of anilines is 1. The van der Waals surface area contributed by atoms with E-state index in [-0.39, 0.29) is 4.90 Å². The molecule has 0 saturated heterocycles. The Balaban J connectivity index is 2.82. The van der Waals surface area contributed by atoms with Crippen LogP contribution in [0.5, 0.6) is 0 Å². The van der Waals surface area contributed by atoms with E-state index in [0.29, 0.717) is 18.7 Å². The van der Waals surface area contributed by atoms with E-state index in [1.165, 1.54) is 6.07 Å². The second-order valence-corrected chi connectivity index (χ2v) is 5.60. The maximum absolute atomic E-state index is 11.9. The van der Waals surface area contributed by atoms with Gasteiger partial charge in [0, 0.05) is 12.2 Å². The Hall–Kier alpha value is -1.33. The van der Waals surface area contributed by atoms with Gasteiger partial charge in [0.05, 0.1) is 4.90 Å². The van der Waals surface area contributed by atoms with E-state index in [1.54, 1.807) is 12.1 Å². The highest BCUT2D eigenvalue weighted by atomic mass is 32.2. The van der Waals surface area contributed by atoms with Gasteiger partial charge in [0.1, 0.15) is 0 Å². The van der Waals surface area contributed by atoms with E-state index in [9.17, 15) is 8.42 Å². The quantitative estimate of drug-likeness (QED) is 0.478. The molecule has 1 aromatic carbocycles. The molecule has 0 radical (unpaired) electrons. The van der Waals surface area contributed by atoms with Crippen LogP contribution in [-0.2, 0) is 10.0 Å². The van der Waals surface area contributed by atoms with Crippen molar-refractivity contribution in [3.05, 3.63) is 35.9 Å². The normalized spacial score (nSPS) is 12.1. The van der Waals surface area contributed by atoms with Crippen molar-refractivity contribution in [2.75, 3.05) is 12.3 Å². The van der Waals surface area contributed by atoms with Crippen molar-refractivity contribution in [3.63, 3.8) is 0 Å². The SMILES string of the molecule is C/C=C/CCNS(=O)(=O)c1cc(C)cc(N)c1. The number of nitrogen functional groups attached to an aromatic ring is 1. The van der Waals surface area contributed by atoms with Crippen LogP contribution in [0.25, 0.3) is 0 Å². The number of rotatable bonds is 5. The van der Waals surface area contributed by atoms with Crippen molar-refractivity contribution < 1.29 is 8.42 Å². The Morgan fingerprint density at radius 2 is 2.06 bits per heavy atom. The Morgan fingerprint density at radius 1 is 1.35 bits per heavy atom. The molecule has 0 aromatic heterocycles. The van der Waals surface area contributed by atoms with Gasteiger partial charge >= 0.3 is 0 Å². The third-order valence-electron chi connectivity index (χ3n) is 2.22. The molecule has 0 amide bonds. The van der Waals surface area contributed by atoms with E-state index < -0.39 is 10.0 Å². The standard InChI is InChI=1S/C12H18N2O2S/c1-3-4-5-6-14-17(15,16)12-8-10(2)7-11(13)9-12/h3-4,7-9,14H,5-6,13H2,1-2H3/b4-3+. The molecule has 0 fully saturated rings. The monoisotopic (exact) mass is 254 g/mol. The molecule has 0 bridgehead atoms. The zero-order valence-electron chi connectivity index (χ0n) is 10.1. The summed E-state index contributed by atoms with van der Waals surface area (Å²) in [6.07, 6.45) is 4.48. The fraction of sp³-hybridized carbons (Fsp3) is 0.333. The fourth-order valence-electron chi connectivity index (χ4n) is 1.46. The molecule has 17 heavy (non-hydrogen) atoms. The molecule has 0 saturated carbocycles. The summed E-state index contributed by atoms with van der Waals surface area (Å²) in [5.41, 5.74) is 6.92. The lowest BCUT2D eigenvalue weighted by atomic mass is 10.2. The first-order chi connectivity index (χ1) is 7.95. The zero-order chi connectivity index (χ0) is 12.9. The smallest absolute Gasteiger partial charge is 0.240 e. The molecular weight excluding hydrogens is 236 g/mol. The lowest BCUT2D eigenvalue weighted by Gasteiger charge is -2.07. The van der Waals surface area contributed by atoms with Crippen LogP contribution < -0.4 is 10.5 Å². The second kappa shape index (κ2) is 5.84. The van der Waals surface area contributed by atoms with Crippen LogP contribution in [0.1, 0.15) is 18.9 Å². The number of nitrogens with two attached hydrogens (primary N) is 1. The molecule has 0 aliphatic heterocycles. The zero-order valence-corrected chi connectivity index (χ0v) is 10.9. The first kappa shape index (κ1) is 13.7. The molecular formula is C12H18N2O2S. The van der Waals surface area contributed by atoms with Gasteiger partial charge < -0.3 is 5.73 Å². The summed E-state index contributed by atoms with van der Waals surface area (Å²) >= 11 is 0. The topological polar surface area (TPSA) is 72.2 Å². The van der Waals surface area contributed by atoms with Crippen molar-refractivity contribution >= 4 is 15.7 Å². The largest absolute Gasteiger partial charge is 0.399 e. The molecule has 1 rings (SSSR count). The van der Waals surface area contributed by atoms with Crippen molar-refractivity contribution in [2.45, 2.75) is 25.2 Å². The van der Waals surface area contributed by atoms with E-state index >= 15 is 0 Å². The predicted molar refractivity (Wildman–Crippen MR) is 70.2 cm³/mol. The Kier molecular flexibility index (Phi) is 4.72. The average Bonchev–Trinajstić information content (AvgIpc) is 2.23. The summed E-state index contributed by atoms with van der Waals surface area (Å²) in [7, 11) is -3.45. The lowest BCUT2D eigenvalue weighted by molar-refractivity contribution is 0.582. The van der Waals surface area contributed by atoms with E-state index in [0.717, 1.165) is 5.56 Å². The van der Waals surface area contributed by atoms with Crippen LogP contribution in [0, 0.1) is 6.92 Å². The molecule has 94 valence electrons. The van der Waals surface area contributed by atoms with E-state index in [1.807, 2.05) is 26.0 Å². The van der Waals surface area contributed by atoms with Gasteiger partial charge in [0.15, 0.2) is 0 Å². The van der Waals surface area contributed by atoms with Crippen LogP contribution >= 0.6 is 0 Å². The van der Waals surface area contributed by atoms with Gasteiger partial charge in [0.2, 0.25) is 10.0 Å². The van der Waals surface area contributed by atoms with Crippen LogP contribution in [0.15, 0.2) is 35.2 Å². The van der Waals surface area contributed by atoms with Gasteiger partial charge in [-0.25, -0.2) is 13.1 Å². The van der Waals surface area contributed by atoms with Gasteiger partial charge in [-0.05, 0) is 44.0 Å². The highest BCUT2D eigenvalue weighted by molar-refractivity contribution is 7.89. The molecule has 0 unspecified atom stereocenters. The van der Waals surface area contributed by atoms with Crippen molar-refractivity contribution in [2.24, 2.45) is 0 Å². The number of hydrogen-bond donors (Lipinski definition) is 2. The van der Waals surface area contributed by atoms with Gasteiger partial charge in [0.25, 0.3) is 0 Å². The maximum atomic E-state index is 11.9. The molecule has 1 aromatic rings. The predicted octanol–water partition coefficient (Wildman–Crippen LogP) is 1.82. The fourth-order valence-corrected chi connectivity index (χ4v) is 2.64. The number of benzene rings is 1. The molecule has 3 N–H and O–H groups in total. The molecule has 0 aliphatic carbocycles. The van der Waals surface area contributed by atoms with Crippen molar-refractivity contribution in [1.29, 1.82) is 0 Å². The van der Waals surface area contributed by atoms with Gasteiger partial charge in [-0.3, -0.25) is 0 Å². The summed E-state index contributed by atoms with van der Waals surface area (Å²) in [6.45, 7) is 4.10. The van der Waals surface area contributed by atoms with Crippen molar-refractivity contribution in [3.8, 4) is 0 Å². The third-order valence-corrected chi connectivity index (χ3v) is 3.66. The number of nitrogens with one attached hydrogen (secondary N) is 1. The van der Waals surface area contributed by atoms with Gasteiger partial charge in [-0.1, -0.05) is 12.2 Å². The molecule has 0 atom stereocenters. The van der Waals surface area contributed by atoms with E-state index in [2.05, 4.69) is 4.72 Å². The second-order valence-electron chi connectivity index (χ2n) is 3.83. The van der Waals surface area contributed by atoms with E-state index in [4.69, 9.17) is 5.73 Å². The van der Waals surface area contributed by atoms with Crippen LogP contribution in [0.4, 0.5) is 5.69 Å². The number of allylic oxidation sites excluding steroid dienone is 1. The molecule has 4 nitrogen and oxygen atoms in total. The van der Waals surface area contributed by atoms with Crippen LogP contribution in [0.2, 0.25) is 0 Å². The summed E-state index contributed by atoms with van der Waals surface area (Å²) in [6, 6.07) is 4.80. The summed E-state index contributed by atoms with van der Waals surface area (Å²) < 4.78 is 26.3. The Labute approximate surface area is 103 Å². The minimum Gasteiger partial charge on any atom is -0.399 e. The first-order valence-electron chi connectivity index (χ1n) is 5.43. The highest BCUT2D eigenvalue weighted by Gasteiger charge is 2.13. The van der Waals surface area contributed by atoms with Crippen molar-refractivity contribution in [1.82, 2.24) is 4.72 Å². The Morgan fingerprint density at radius 3 is 2.65 bits per heavy atom. The summed E-state index contributed by atoms with van der Waals surface area (Å²) in [5, 5.41) is 0. The van der Waals surface area contributed by atoms with Crippen LogP contribution in [-0.4, -0.2) is 15.0 Å². The number of aryl methyl sites for hydroxylation is 1. The summed E-state index contributed by atoms with van der Waals surface area (Å²) in [4.78, 5) is 0.218.